The van der Waals surface area contributed by atoms with Crippen molar-refractivity contribution in [2.24, 2.45) is 0 Å². The predicted octanol–water partition coefficient (Wildman–Crippen LogP) is 4.75. The smallest absolute Gasteiger partial charge is 0.264 e. The number of hydrogen-bond acceptors (Lipinski definition) is 3. The summed E-state index contributed by atoms with van der Waals surface area (Å²) in [6, 6.07) is 19.4. The van der Waals surface area contributed by atoms with Gasteiger partial charge in [-0.2, -0.15) is 0 Å². The highest BCUT2D eigenvalue weighted by atomic mass is 32.2. The molecule has 3 rings (SSSR count). The Bertz CT molecular complexity index is 1130. The van der Waals surface area contributed by atoms with Crippen LogP contribution in [0.15, 0.2) is 71.6 Å². The van der Waals surface area contributed by atoms with Gasteiger partial charge < -0.3 is 5.32 Å². The number of nitrogens with one attached hydrogen (secondary N) is 1. The number of carbonyl (C=O) groups excluding carboxylic acids is 1. The summed E-state index contributed by atoms with van der Waals surface area (Å²) < 4.78 is 28.0. The monoisotopic (exact) mass is 422 g/mol. The zero-order valence-electron chi connectivity index (χ0n) is 17.6. The van der Waals surface area contributed by atoms with E-state index in [-0.39, 0.29) is 11.4 Å². The molecule has 0 saturated heterocycles. The lowest BCUT2D eigenvalue weighted by atomic mass is 10.1. The van der Waals surface area contributed by atoms with Gasteiger partial charge >= 0.3 is 0 Å². The third-order valence-corrected chi connectivity index (χ3v) is 6.41. The van der Waals surface area contributed by atoms with Crippen molar-refractivity contribution < 1.29 is 13.2 Å². The topological polar surface area (TPSA) is 66.5 Å². The molecule has 0 atom stereocenters. The molecule has 0 radical (unpaired) electrons. The number of sulfonamides is 1. The normalized spacial score (nSPS) is 11.2. The second-order valence-electron chi connectivity index (χ2n) is 7.60. The van der Waals surface area contributed by atoms with Crippen LogP contribution in [0.2, 0.25) is 0 Å². The maximum atomic E-state index is 13.4. The van der Waals surface area contributed by atoms with E-state index < -0.39 is 15.9 Å². The van der Waals surface area contributed by atoms with Crippen molar-refractivity contribution in [3.63, 3.8) is 0 Å². The third kappa shape index (κ3) is 5.07. The summed E-state index contributed by atoms with van der Waals surface area (Å²) in [5.74, 6) is -0.404. The molecule has 0 aliphatic carbocycles. The molecule has 0 aromatic heterocycles. The van der Waals surface area contributed by atoms with Gasteiger partial charge in [-0.3, -0.25) is 9.10 Å². The lowest BCUT2D eigenvalue weighted by Crippen LogP contribution is -2.38. The SMILES string of the molecule is Cc1cc(C)cc(NC(=O)CN(c2cc(C)cc(C)c2)S(=O)(=O)c2ccccc2)c1. The van der Waals surface area contributed by atoms with E-state index in [1.807, 2.05) is 52.0 Å². The minimum atomic E-state index is -3.92. The van der Waals surface area contributed by atoms with Crippen molar-refractivity contribution in [3.8, 4) is 0 Å². The number of benzene rings is 3. The van der Waals surface area contributed by atoms with E-state index in [2.05, 4.69) is 5.32 Å². The van der Waals surface area contributed by atoms with Crippen LogP contribution in [0.4, 0.5) is 11.4 Å². The van der Waals surface area contributed by atoms with E-state index in [1.165, 1.54) is 16.4 Å². The summed E-state index contributed by atoms with van der Waals surface area (Å²) in [5, 5.41) is 2.83. The van der Waals surface area contributed by atoms with Gasteiger partial charge in [0.05, 0.1) is 10.6 Å². The number of aryl methyl sites for hydroxylation is 4. The summed E-state index contributed by atoms with van der Waals surface area (Å²) in [5.41, 5.74) is 5.00. The molecule has 0 bridgehead atoms. The quantitative estimate of drug-likeness (QED) is 0.623. The highest BCUT2D eigenvalue weighted by molar-refractivity contribution is 7.92. The van der Waals surface area contributed by atoms with Crippen molar-refractivity contribution in [2.75, 3.05) is 16.2 Å². The lowest BCUT2D eigenvalue weighted by Gasteiger charge is -2.25. The van der Waals surface area contributed by atoms with E-state index in [0.29, 0.717) is 11.4 Å². The number of hydrogen-bond donors (Lipinski definition) is 1. The first-order valence-electron chi connectivity index (χ1n) is 9.69. The predicted molar refractivity (Wildman–Crippen MR) is 121 cm³/mol. The fourth-order valence-corrected chi connectivity index (χ4v) is 4.93. The zero-order chi connectivity index (χ0) is 21.9. The molecule has 0 fully saturated rings. The number of carbonyl (C=O) groups is 1. The summed E-state index contributed by atoms with van der Waals surface area (Å²) in [7, 11) is -3.92. The summed E-state index contributed by atoms with van der Waals surface area (Å²) >= 11 is 0. The van der Waals surface area contributed by atoms with Gasteiger partial charge in [0.25, 0.3) is 10.0 Å². The fourth-order valence-electron chi connectivity index (χ4n) is 3.51. The number of nitrogens with zero attached hydrogens (tertiary/aromatic N) is 1. The molecule has 6 heteroatoms. The molecule has 30 heavy (non-hydrogen) atoms. The highest BCUT2D eigenvalue weighted by Gasteiger charge is 2.27. The summed E-state index contributed by atoms with van der Waals surface area (Å²) in [4.78, 5) is 13.0. The van der Waals surface area contributed by atoms with E-state index in [4.69, 9.17) is 0 Å². The van der Waals surface area contributed by atoms with E-state index in [0.717, 1.165) is 22.3 Å². The Balaban J connectivity index is 1.98. The van der Waals surface area contributed by atoms with Crippen LogP contribution < -0.4 is 9.62 Å². The molecule has 0 aliphatic rings. The Morgan fingerprint density at radius 3 is 1.83 bits per heavy atom. The molecule has 0 unspecified atom stereocenters. The van der Waals surface area contributed by atoms with Crippen LogP contribution in [0.3, 0.4) is 0 Å². The van der Waals surface area contributed by atoms with Gasteiger partial charge in [-0.25, -0.2) is 8.42 Å². The minimum Gasteiger partial charge on any atom is -0.324 e. The molecular weight excluding hydrogens is 396 g/mol. The number of amides is 1. The highest BCUT2D eigenvalue weighted by Crippen LogP contribution is 2.26. The van der Waals surface area contributed by atoms with Crippen LogP contribution in [0, 0.1) is 27.7 Å². The third-order valence-electron chi connectivity index (χ3n) is 4.62. The zero-order valence-corrected chi connectivity index (χ0v) is 18.5. The van der Waals surface area contributed by atoms with Crippen LogP contribution in [0.5, 0.6) is 0 Å². The van der Waals surface area contributed by atoms with Gasteiger partial charge in [0.2, 0.25) is 5.91 Å². The largest absolute Gasteiger partial charge is 0.324 e. The molecule has 156 valence electrons. The molecule has 1 N–H and O–H groups in total. The Labute approximate surface area is 178 Å². The molecule has 3 aromatic rings. The van der Waals surface area contributed by atoms with Gasteiger partial charge in [-0.15, -0.1) is 0 Å². The average Bonchev–Trinajstić information content (AvgIpc) is 2.65. The average molecular weight is 423 g/mol. The van der Waals surface area contributed by atoms with Crippen LogP contribution in [-0.4, -0.2) is 20.9 Å². The summed E-state index contributed by atoms with van der Waals surface area (Å²) in [6.07, 6.45) is 0. The molecule has 1 amide bonds. The summed E-state index contributed by atoms with van der Waals surface area (Å²) in [6.45, 7) is 7.38. The molecule has 0 spiro atoms. The molecule has 5 nitrogen and oxygen atoms in total. The Hall–Kier alpha value is -3.12. The van der Waals surface area contributed by atoms with Crippen LogP contribution in [0.25, 0.3) is 0 Å². The molecule has 0 saturated carbocycles. The Morgan fingerprint density at radius 1 is 0.800 bits per heavy atom. The standard InChI is InChI=1S/C24H26N2O3S/c1-17-10-18(2)13-21(12-17)25-24(27)16-26(22-14-19(3)11-20(4)15-22)30(28,29)23-8-6-5-7-9-23/h5-15H,16H2,1-4H3,(H,25,27). The molecule has 0 heterocycles. The first-order chi connectivity index (χ1) is 14.1. The fraction of sp³-hybridized carbons (Fsp3) is 0.208. The second kappa shape index (κ2) is 8.71. The number of anilines is 2. The first-order valence-corrected chi connectivity index (χ1v) is 11.1. The van der Waals surface area contributed by atoms with Gasteiger partial charge in [0, 0.05) is 5.69 Å². The minimum absolute atomic E-state index is 0.142. The van der Waals surface area contributed by atoms with Gasteiger partial charge in [0.1, 0.15) is 6.54 Å². The number of rotatable bonds is 6. The van der Waals surface area contributed by atoms with Crippen LogP contribution in [0.1, 0.15) is 22.3 Å². The van der Waals surface area contributed by atoms with Crippen LogP contribution >= 0.6 is 0 Å². The van der Waals surface area contributed by atoms with Gasteiger partial charge in [0.15, 0.2) is 0 Å². The maximum Gasteiger partial charge on any atom is 0.264 e. The van der Waals surface area contributed by atoms with E-state index in [1.54, 1.807) is 30.3 Å². The van der Waals surface area contributed by atoms with Crippen molar-refractivity contribution in [2.45, 2.75) is 32.6 Å². The second-order valence-corrected chi connectivity index (χ2v) is 9.46. The van der Waals surface area contributed by atoms with Gasteiger partial charge in [-0.05, 0) is 86.3 Å². The van der Waals surface area contributed by atoms with E-state index in [9.17, 15) is 13.2 Å². The lowest BCUT2D eigenvalue weighted by molar-refractivity contribution is -0.114. The first kappa shape index (κ1) is 21.6. The molecule has 3 aromatic carbocycles. The molecule has 0 aliphatic heterocycles. The molecular formula is C24H26N2O3S. The maximum absolute atomic E-state index is 13.4. The van der Waals surface area contributed by atoms with Crippen LogP contribution in [-0.2, 0) is 14.8 Å². The van der Waals surface area contributed by atoms with E-state index >= 15 is 0 Å². The van der Waals surface area contributed by atoms with Crippen molar-refractivity contribution >= 4 is 27.3 Å². The van der Waals surface area contributed by atoms with Crippen molar-refractivity contribution in [1.29, 1.82) is 0 Å². The Morgan fingerprint density at radius 2 is 1.30 bits per heavy atom. The van der Waals surface area contributed by atoms with Crippen molar-refractivity contribution in [1.82, 2.24) is 0 Å². The Kier molecular flexibility index (Phi) is 6.27. The van der Waals surface area contributed by atoms with Crippen molar-refractivity contribution in [3.05, 3.63) is 89.0 Å². The van der Waals surface area contributed by atoms with Gasteiger partial charge in [-0.1, -0.05) is 30.3 Å².